The number of aromatic nitrogens is 1. The second-order valence-corrected chi connectivity index (χ2v) is 1.95. The van der Waals surface area contributed by atoms with Crippen LogP contribution in [0.3, 0.4) is 0 Å². The van der Waals surface area contributed by atoms with Gasteiger partial charge in [0.05, 0.1) is 0 Å². The molecular formula is C5H4AlN. The van der Waals surface area contributed by atoms with E-state index in [-0.39, 0.29) is 0 Å². The summed E-state index contributed by atoms with van der Waals surface area (Å²) in [6.07, 6.45) is 3.55. The lowest BCUT2D eigenvalue weighted by atomic mass is 10.5. The van der Waals surface area contributed by atoms with Gasteiger partial charge in [-0.05, 0) is 6.07 Å². The molecule has 0 aliphatic heterocycles. The average molecular weight is 105 g/mol. The zero-order valence-corrected chi connectivity index (χ0v) is 4.99. The van der Waals surface area contributed by atoms with Crippen LogP contribution in [0, 0.1) is 0 Å². The quantitative estimate of drug-likeness (QED) is 0.419. The summed E-state index contributed by atoms with van der Waals surface area (Å²) in [7, 11) is 0. The standard InChI is InChI=1S/C5H4N.Al/c1-2-4-6-5-3-1;/h1-2,4-5H;. The number of pyridine rings is 1. The van der Waals surface area contributed by atoms with Crippen LogP contribution in [-0.4, -0.2) is 21.3 Å². The minimum atomic E-state index is 1.13. The fourth-order valence-corrected chi connectivity index (χ4v) is 0.573. The molecule has 0 saturated heterocycles. The lowest BCUT2D eigenvalue weighted by molar-refractivity contribution is 1.35. The van der Waals surface area contributed by atoms with E-state index in [0.717, 1.165) is 4.43 Å². The van der Waals surface area contributed by atoms with E-state index in [2.05, 4.69) is 21.3 Å². The van der Waals surface area contributed by atoms with Crippen LogP contribution in [0.4, 0.5) is 0 Å². The summed E-state index contributed by atoms with van der Waals surface area (Å²) in [6.45, 7) is 0. The SMILES string of the molecule is [Al][c]1cccnc1. The maximum atomic E-state index is 3.86. The third-order valence-corrected chi connectivity index (χ3v) is 1.03. The molecule has 1 rings (SSSR count). The second kappa shape index (κ2) is 2.11. The zero-order valence-electron chi connectivity index (χ0n) is 3.83. The van der Waals surface area contributed by atoms with Crippen LogP contribution in [0.25, 0.3) is 0 Å². The summed E-state index contributed by atoms with van der Waals surface area (Å²) in [6, 6.07) is 3.89. The Morgan fingerprint density at radius 1 is 1.57 bits per heavy atom. The molecule has 2 radical (unpaired) electrons. The molecule has 0 unspecified atom stereocenters. The van der Waals surface area contributed by atoms with E-state index in [0.29, 0.717) is 0 Å². The van der Waals surface area contributed by atoms with Gasteiger partial charge < -0.3 is 0 Å². The second-order valence-electron chi connectivity index (χ2n) is 1.29. The van der Waals surface area contributed by atoms with Gasteiger partial charge in [-0.3, -0.25) is 4.98 Å². The van der Waals surface area contributed by atoms with E-state index >= 15 is 0 Å². The Bertz CT molecular complexity index is 138. The highest BCUT2D eigenvalue weighted by Crippen LogP contribution is 1.70. The summed E-state index contributed by atoms with van der Waals surface area (Å²) in [4.78, 5) is 3.86. The van der Waals surface area contributed by atoms with Crippen LogP contribution >= 0.6 is 0 Å². The predicted octanol–water partition coefficient (Wildman–Crippen LogP) is -0.125. The van der Waals surface area contributed by atoms with E-state index in [1.54, 1.807) is 12.4 Å². The summed E-state index contributed by atoms with van der Waals surface area (Å²) >= 11 is 2.57. The van der Waals surface area contributed by atoms with Gasteiger partial charge in [0.25, 0.3) is 0 Å². The van der Waals surface area contributed by atoms with Gasteiger partial charge in [-0.25, -0.2) is 0 Å². The van der Waals surface area contributed by atoms with Crippen molar-refractivity contribution in [1.82, 2.24) is 4.98 Å². The molecule has 0 bridgehead atoms. The molecule has 0 fully saturated rings. The minimum absolute atomic E-state index is 1.13. The topological polar surface area (TPSA) is 12.9 Å². The van der Waals surface area contributed by atoms with Crippen molar-refractivity contribution in [3.8, 4) is 0 Å². The molecule has 0 aliphatic carbocycles. The Morgan fingerprint density at radius 3 is 2.71 bits per heavy atom. The van der Waals surface area contributed by atoms with Crippen LogP contribution in [0.5, 0.6) is 0 Å². The monoisotopic (exact) mass is 105 g/mol. The van der Waals surface area contributed by atoms with Gasteiger partial charge >= 0.3 is 0 Å². The molecular weight excluding hydrogens is 101 g/mol. The molecule has 0 aliphatic rings. The normalized spacial score (nSPS) is 8.57. The van der Waals surface area contributed by atoms with Gasteiger partial charge in [-0.1, -0.05) is 6.07 Å². The highest BCUT2D eigenvalue weighted by molar-refractivity contribution is 6.31. The van der Waals surface area contributed by atoms with Crippen molar-refractivity contribution in [2.45, 2.75) is 0 Å². The first kappa shape index (κ1) is 4.83. The molecule has 1 heterocycles. The molecule has 32 valence electrons. The van der Waals surface area contributed by atoms with Crippen molar-refractivity contribution in [2.24, 2.45) is 0 Å². The van der Waals surface area contributed by atoms with Gasteiger partial charge in [-0.15, -0.1) is 4.43 Å². The lowest BCUT2D eigenvalue weighted by Gasteiger charge is -1.83. The zero-order chi connectivity index (χ0) is 5.11. The van der Waals surface area contributed by atoms with E-state index in [4.69, 9.17) is 0 Å². The predicted molar refractivity (Wildman–Crippen MR) is 29.6 cm³/mol. The lowest BCUT2D eigenvalue weighted by Crippen LogP contribution is -1.99. The molecule has 0 aromatic carbocycles. The van der Waals surface area contributed by atoms with E-state index in [1.807, 2.05) is 12.1 Å². The average Bonchev–Trinajstić information content (AvgIpc) is 1.69. The van der Waals surface area contributed by atoms with Crippen molar-refractivity contribution in [1.29, 1.82) is 0 Å². The van der Waals surface area contributed by atoms with E-state index in [1.165, 1.54) is 0 Å². The molecule has 1 aromatic heterocycles. The third-order valence-electron chi connectivity index (χ3n) is 0.684. The molecule has 0 amide bonds. The molecule has 1 nitrogen and oxygen atoms in total. The number of rotatable bonds is 0. The maximum absolute atomic E-state index is 3.86. The Kier molecular flexibility index (Phi) is 1.46. The Hall–Kier alpha value is -0.318. The molecule has 1 aromatic rings. The molecule has 2 heteroatoms. The first-order chi connectivity index (χ1) is 3.39. The van der Waals surface area contributed by atoms with Crippen molar-refractivity contribution < 1.29 is 0 Å². The first-order valence-corrected chi connectivity index (χ1v) is 2.63. The molecule has 7 heavy (non-hydrogen) atoms. The van der Waals surface area contributed by atoms with Gasteiger partial charge in [0.2, 0.25) is 0 Å². The number of nitrogens with zero attached hydrogens (tertiary/aromatic N) is 1. The summed E-state index contributed by atoms with van der Waals surface area (Å²) in [5, 5.41) is 0. The van der Waals surface area contributed by atoms with Crippen molar-refractivity contribution in [2.75, 3.05) is 0 Å². The Labute approximate surface area is 50.8 Å². The van der Waals surface area contributed by atoms with Crippen LogP contribution < -0.4 is 4.43 Å². The minimum Gasteiger partial charge on any atom is -0.266 e. The number of hydrogen-bond acceptors (Lipinski definition) is 1. The fourth-order valence-electron chi connectivity index (χ4n) is 0.376. The molecule has 0 atom stereocenters. The third kappa shape index (κ3) is 1.31. The maximum Gasteiger partial charge on any atom is 0.178 e. The van der Waals surface area contributed by atoms with Crippen LogP contribution in [0.15, 0.2) is 24.5 Å². The van der Waals surface area contributed by atoms with Crippen molar-refractivity contribution >= 4 is 20.7 Å². The summed E-state index contributed by atoms with van der Waals surface area (Å²) in [5.41, 5.74) is 0. The van der Waals surface area contributed by atoms with Crippen molar-refractivity contribution in [3.05, 3.63) is 24.5 Å². The number of hydrogen-bond donors (Lipinski definition) is 0. The summed E-state index contributed by atoms with van der Waals surface area (Å²) < 4.78 is 1.13. The van der Waals surface area contributed by atoms with Gasteiger partial charge in [0.1, 0.15) is 0 Å². The highest BCUT2D eigenvalue weighted by atomic mass is 27.0. The van der Waals surface area contributed by atoms with Crippen LogP contribution in [0.2, 0.25) is 0 Å². The Morgan fingerprint density at radius 2 is 2.43 bits per heavy atom. The van der Waals surface area contributed by atoms with Crippen LogP contribution in [-0.2, 0) is 0 Å². The largest absolute Gasteiger partial charge is 0.266 e. The van der Waals surface area contributed by atoms with E-state index in [9.17, 15) is 0 Å². The summed E-state index contributed by atoms with van der Waals surface area (Å²) in [5.74, 6) is 0. The smallest absolute Gasteiger partial charge is 0.178 e. The van der Waals surface area contributed by atoms with Crippen molar-refractivity contribution in [3.63, 3.8) is 0 Å². The molecule has 0 N–H and O–H groups in total. The molecule has 0 saturated carbocycles. The van der Waals surface area contributed by atoms with Crippen LogP contribution in [0.1, 0.15) is 0 Å². The molecule has 0 spiro atoms. The first-order valence-electron chi connectivity index (χ1n) is 2.05. The van der Waals surface area contributed by atoms with Gasteiger partial charge in [0, 0.05) is 12.4 Å². The highest BCUT2D eigenvalue weighted by Gasteiger charge is 1.72. The van der Waals surface area contributed by atoms with Gasteiger partial charge in [-0.2, -0.15) is 0 Å². The fraction of sp³-hybridized carbons (Fsp3) is 0. The van der Waals surface area contributed by atoms with Gasteiger partial charge in [0.15, 0.2) is 16.3 Å². The van der Waals surface area contributed by atoms with E-state index < -0.39 is 0 Å². The Balaban J connectivity index is 3.02.